The highest BCUT2D eigenvalue weighted by molar-refractivity contribution is 7.27. The lowest BCUT2D eigenvalue weighted by atomic mass is 9.97. The lowest BCUT2D eigenvalue weighted by molar-refractivity contribution is 0.669. The van der Waals surface area contributed by atoms with Crippen LogP contribution in [-0.4, -0.2) is 0 Å². The summed E-state index contributed by atoms with van der Waals surface area (Å²) in [5.74, 6) is 0. The summed E-state index contributed by atoms with van der Waals surface area (Å²) in [7, 11) is 0. The van der Waals surface area contributed by atoms with Crippen molar-refractivity contribution in [2.45, 2.75) is 0 Å². The van der Waals surface area contributed by atoms with Crippen molar-refractivity contribution in [3.8, 4) is 44.5 Å². The quantitative estimate of drug-likeness (QED) is 0.128. The van der Waals surface area contributed by atoms with E-state index < -0.39 is 0 Å². The number of hydrogen-bond donors (Lipinski definition) is 3. The molecule has 0 fully saturated rings. The molecule has 20 rings (SSSR count). The number of hydrogen-bond acceptors (Lipinski definition) is 8. The van der Waals surface area contributed by atoms with Gasteiger partial charge in [-0.15, -0.1) is 45.3 Å². The van der Waals surface area contributed by atoms with Gasteiger partial charge >= 0.3 is 0 Å². The monoisotopic (exact) mass is 1330 g/mol. The predicted molar refractivity (Wildman–Crippen MR) is 429 cm³/mol. The molecule has 15 aromatic carbocycles. The first kappa shape index (κ1) is 58.9. The molecular weight excluding hydrogens is 1270 g/mol. The maximum atomic E-state index is 6.02. The van der Waals surface area contributed by atoms with E-state index in [4.69, 9.17) is 4.42 Å². The van der Waals surface area contributed by atoms with E-state index in [1.165, 1.54) is 125 Å². The Kier molecular flexibility index (Phi) is 15.3. The predicted octanol–water partition coefficient (Wildman–Crippen LogP) is 28.3. The molecule has 0 radical (unpaired) electrons. The summed E-state index contributed by atoms with van der Waals surface area (Å²) in [4.78, 5) is 0. The second kappa shape index (κ2) is 25.5. The van der Waals surface area contributed by atoms with E-state index in [-0.39, 0.29) is 0 Å². The lowest BCUT2D eigenvalue weighted by Gasteiger charge is -2.12. The second-order valence-electron chi connectivity index (χ2n) is 24.5. The minimum atomic E-state index is 0.909. The Morgan fingerprint density at radius 3 is 1.22 bits per heavy atom. The van der Waals surface area contributed by atoms with Gasteiger partial charge in [0.2, 0.25) is 0 Å². The van der Waals surface area contributed by atoms with Crippen molar-refractivity contribution >= 4 is 182 Å². The van der Waals surface area contributed by atoms with Gasteiger partial charge in [0.15, 0.2) is 0 Å². The van der Waals surface area contributed by atoms with E-state index in [1.807, 2.05) is 63.5 Å². The molecule has 3 N–H and O–H groups in total. The molecule has 0 aliphatic heterocycles. The van der Waals surface area contributed by atoms with Crippen molar-refractivity contribution in [3.63, 3.8) is 0 Å². The molecule has 8 heteroatoms. The number of rotatable bonds is 10. The molecule has 0 saturated heterocycles. The van der Waals surface area contributed by atoms with Gasteiger partial charge in [-0.25, -0.2) is 0 Å². The van der Waals surface area contributed by atoms with Crippen LogP contribution in [0.15, 0.2) is 344 Å². The zero-order valence-corrected chi connectivity index (χ0v) is 56.1. The Hall–Kier alpha value is -11.6. The van der Waals surface area contributed by atoms with Gasteiger partial charge in [0, 0.05) is 126 Å². The highest BCUT2D eigenvalue weighted by Crippen LogP contribution is 2.47. The van der Waals surface area contributed by atoms with E-state index in [0.29, 0.717) is 0 Å². The maximum Gasteiger partial charge on any atom is 0.135 e. The summed E-state index contributed by atoms with van der Waals surface area (Å²) in [6, 6.07) is 121. The van der Waals surface area contributed by atoms with Crippen LogP contribution in [0.5, 0.6) is 0 Å². The number of furan rings is 1. The van der Waals surface area contributed by atoms with Crippen LogP contribution in [0.1, 0.15) is 0 Å². The number of anilines is 6. The SMILES string of the molecule is c1ccc(-c2cc(Nc3ccc4oc5ccccc5c4c3)c3sc4ccccc4c3c2)cc1.c1ccc(-c2cc(Nc3ccc4sc5ccccc5c4c3)cc3c2sc2ccccc23)cc1.c1ccc(Nc2cc(-c3cccc(-c4ccccc4)c3)c3sc4ccccc4c3c2)cc1. The Balaban J connectivity index is 0.000000107. The van der Waals surface area contributed by atoms with Gasteiger partial charge in [-0.3, -0.25) is 0 Å². The molecule has 0 amide bonds. The average Bonchev–Trinajstić information content (AvgIpc) is 1.87. The van der Waals surface area contributed by atoms with Gasteiger partial charge in [0.1, 0.15) is 11.2 Å². The van der Waals surface area contributed by atoms with Crippen LogP contribution in [0, 0.1) is 0 Å². The molecule has 5 aromatic heterocycles. The molecular formula is C90H59N3OS4. The number of fused-ring (bicyclic) bond motifs is 15. The molecule has 0 saturated carbocycles. The molecule has 4 nitrogen and oxygen atoms in total. The van der Waals surface area contributed by atoms with Gasteiger partial charge in [-0.1, -0.05) is 218 Å². The van der Waals surface area contributed by atoms with Crippen molar-refractivity contribution in [2.24, 2.45) is 0 Å². The summed E-state index contributed by atoms with van der Waals surface area (Å²) < 4.78 is 16.6. The smallest absolute Gasteiger partial charge is 0.135 e. The van der Waals surface area contributed by atoms with Crippen LogP contribution in [0.3, 0.4) is 0 Å². The normalized spacial score (nSPS) is 11.5. The average molecular weight is 1330 g/mol. The third-order valence-electron chi connectivity index (χ3n) is 18.3. The van der Waals surface area contributed by atoms with Crippen LogP contribution in [-0.2, 0) is 0 Å². The summed E-state index contributed by atoms with van der Waals surface area (Å²) in [6.45, 7) is 0. The van der Waals surface area contributed by atoms with E-state index in [0.717, 1.165) is 56.1 Å². The van der Waals surface area contributed by atoms with E-state index in [1.54, 1.807) is 0 Å². The topological polar surface area (TPSA) is 49.2 Å². The standard InChI is InChI=1S/C30H19NOS.C30H19NS2.C30H21NS/c1-2-8-19(9-3-1)20-16-25-23-11-5-7-13-29(23)33-30(25)26(17-20)31-21-14-15-28-24(18-21)22-10-4-6-12-27(22)32-28;1-2-8-19(9-3-1)24-17-21(18-26-23-11-5-7-13-28(23)33-30(24)26)31-20-14-15-29-25(16-20)22-10-4-6-12-27(22)32-29;1-3-10-21(11-4-1)22-12-9-13-23(18-22)27-19-25(31-24-14-5-2-6-15-24)20-28-26-16-7-8-17-29(26)32-30(27)28/h2*1-18,31H;1-20,31H. The molecule has 0 aliphatic carbocycles. The fourth-order valence-corrected chi connectivity index (χ4v) is 18.4. The largest absolute Gasteiger partial charge is 0.456 e. The first-order valence-corrected chi connectivity index (χ1v) is 36.1. The van der Waals surface area contributed by atoms with Crippen LogP contribution in [0.2, 0.25) is 0 Å². The first-order valence-electron chi connectivity index (χ1n) is 32.8. The number of para-hydroxylation sites is 2. The fourth-order valence-electron chi connectivity index (χ4n) is 13.7. The molecule has 464 valence electrons. The van der Waals surface area contributed by atoms with Gasteiger partial charge in [0.05, 0.1) is 10.4 Å². The van der Waals surface area contributed by atoms with Crippen LogP contribution < -0.4 is 16.0 Å². The first-order chi connectivity index (χ1) is 48.5. The molecule has 0 aliphatic rings. The summed E-state index contributed by atoms with van der Waals surface area (Å²) in [5, 5.41) is 23.8. The van der Waals surface area contributed by atoms with E-state index in [9.17, 15) is 0 Å². The van der Waals surface area contributed by atoms with Gasteiger partial charge < -0.3 is 20.4 Å². The summed E-state index contributed by atoms with van der Waals surface area (Å²) in [5.41, 5.74) is 18.4. The zero-order chi connectivity index (χ0) is 64.9. The van der Waals surface area contributed by atoms with E-state index >= 15 is 0 Å². The zero-order valence-electron chi connectivity index (χ0n) is 52.9. The second-order valence-corrected chi connectivity index (χ2v) is 28.8. The Morgan fingerprint density at radius 2 is 0.602 bits per heavy atom. The Labute approximate surface area is 582 Å². The molecule has 5 heterocycles. The van der Waals surface area contributed by atoms with Crippen molar-refractivity contribution < 1.29 is 4.42 Å². The summed E-state index contributed by atoms with van der Waals surface area (Å²) >= 11 is 7.44. The number of benzene rings is 15. The Bertz CT molecular complexity index is 6330. The highest BCUT2D eigenvalue weighted by atomic mass is 32.1. The molecule has 0 atom stereocenters. The highest BCUT2D eigenvalue weighted by Gasteiger charge is 2.18. The summed E-state index contributed by atoms with van der Waals surface area (Å²) in [6.07, 6.45) is 0. The molecule has 98 heavy (non-hydrogen) atoms. The van der Waals surface area contributed by atoms with Crippen LogP contribution in [0.25, 0.3) is 147 Å². The molecule has 0 bridgehead atoms. The number of nitrogens with one attached hydrogen (secondary N) is 3. The molecule has 0 spiro atoms. The van der Waals surface area contributed by atoms with Gasteiger partial charge in [-0.05, 0) is 155 Å². The van der Waals surface area contributed by atoms with Gasteiger partial charge in [0.25, 0.3) is 0 Å². The minimum absolute atomic E-state index is 0.909. The van der Waals surface area contributed by atoms with Gasteiger partial charge in [-0.2, -0.15) is 0 Å². The van der Waals surface area contributed by atoms with Crippen molar-refractivity contribution in [3.05, 3.63) is 340 Å². The van der Waals surface area contributed by atoms with Crippen molar-refractivity contribution in [1.29, 1.82) is 0 Å². The maximum absolute atomic E-state index is 6.02. The van der Waals surface area contributed by atoms with E-state index in [2.05, 4.69) is 337 Å². The molecule has 20 aromatic rings. The third-order valence-corrected chi connectivity index (χ3v) is 23.1. The Morgan fingerprint density at radius 1 is 0.194 bits per heavy atom. The van der Waals surface area contributed by atoms with Crippen molar-refractivity contribution in [1.82, 2.24) is 0 Å². The minimum Gasteiger partial charge on any atom is -0.456 e. The molecule has 0 unspecified atom stereocenters. The van der Waals surface area contributed by atoms with Crippen molar-refractivity contribution in [2.75, 3.05) is 16.0 Å². The van der Waals surface area contributed by atoms with Crippen LogP contribution in [0.4, 0.5) is 34.1 Å². The number of thiophene rings is 4. The third kappa shape index (κ3) is 11.3. The lowest BCUT2D eigenvalue weighted by Crippen LogP contribution is -1.91. The van der Waals surface area contributed by atoms with Crippen LogP contribution >= 0.6 is 45.3 Å². The fraction of sp³-hybridized carbons (Fsp3) is 0.